The van der Waals surface area contributed by atoms with E-state index in [0.717, 1.165) is 54.4 Å². The van der Waals surface area contributed by atoms with Crippen LogP contribution in [0.4, 0.5) is 0 Å². The van der Waals surface area contributed by atoms with Gasteiger partial charge in [0.2, 0.25) is 0 Å². The van der Waals surface area contributed by atoms with Gasteiger partial charge in [0.25, 0.3) is 5.56 Å². The van der Waals surface area contributed by atoms with Gasteiger partial charge in [-0.1, -0.05) is 6.92 Å². The van der Waals surface area contributed by atoms with E-state index in [9.17, 15) is 4.79 Å². The smallest absolute Gasteiger partial charge is 0.267 e. The second-order valence-electron chi connectivity index (χ2n) is 5.96. The van der Waals surface area contributed by atoms with Gasteiger partial charge in [0, 0.05) is 56.4 Å². The van der Waals surface area contributed by atoms with Gasteiger partial charge in [0.05, 0.1) is 11.4 Å². The summed E-state index contributed by atoms with van der Waals surface area (Å²) in [6.45, 7) is 5.29. The van der Waals surface area contributed by atoms with E-state index in [-0.39, 0.29) is 5.56 Å². The van der Waals surface area contributed by atoms with Crippen LogP contribution in [-0.2, 0) is 26.1 Å². The summed E-state index contributed by atoms with van der Waals surface area (Å²) in [6.07, 6.45) is 5.93. The summed E-state index contributed by atoms with van der Waals surface area (Å²) < 4.78 is 3.65. The van der Waals surface area contributed by atoms with Crippen molar-refractivity contribution in [1.82, 2.24) is 24.1 Å². The molecule has 0 saturated heterocycles. The van der Waals surface area contributed by atoms with Gasteiger partial charge in [-0.2, -0.15) is 5.10 Å². The van der Waals surface area contributed by atoms with E-state index in [4.69, 9.17) is 0 Å². The van der Waals surface area contributed by atoms with Crippen molar-refractivity contribution in [2.45, 2.75) is 39.4 Å². The molecule has 6 nitrogen and oxygen atoms in total. The van der Waals surface area contributed by atoms with Crippen LogP contribution in [-0.4, -0.2) is 30.6 Å². The molecule has 0 bridgehead atoms. The van der Waals surface area contributed by atoms with Gasteiger partial charge in [-0.3, -0.25) is 14.1 Å². The number of imidazole rings is 1. The summed E-state index contributed by atoms with van der Waals surface area (Å²) in [5.41, 5.74) is 3.22. The Labute approximate surface area is 138 Å². The Morgan fingerprint density at radius 3 is 3.13 bits per heavy atom. The van der Waals surface area contributed by atoms with Gasteiger partial charge in [-0.25, -0.2) is 9.67 Å². The first-order chi connectivity index (χ1) is 11.2. The maximum Gasteiger partial charge on any atom is 0.267 e. The molecule has 7 heteroatoms. The van der Waals surface area contributed by atoms with Crippen molar-refractivity contribution in [3.05, 3.63) is 51.1 Å². The largest absolute Gasteiger partial charge is 0.297 e. The lowest BCUT2D eigenvalue weighted by Gasteiger charge is -2.27. The molecule has 3 aromatic rings. The molecule has 0 aromatic carbocycles. The van der Waals surface area contributed by atoms with E-state index >= 15 is 0 Å². The van der Waals surface area contributed by atoms with E-state index in [1.807, 2.05) is 11.6 Å². The molecule has 0 fully saturated rings. The van der Waals surface area contributed by atoms with Crippen molar-refractivity contribution in [2.24, 2.45) is 0 Å². The highest BCUT2D eigenvalue weighted by Crippen LogP contribution is 2.18. The normalized spacial score (nSPS) is 15.2. The van der Waals surface area contributed by atoms with E-state index in [1.54, 1.807) is 22.1 Å². The molecule has 0 N–H and O–H groups in total. The van der Waals surface area contributed by atoms with Crippen LogP contribution >= 0.6 is 11.3 Å². The summed E-state index contributed by atoms with van der Waals surface area (Å²) in [6, 6.07) is 1.76. The molecule has 0 radical (unpaired) electrons. The predicted octanol–water partition coefficient (Wildman–Crippen LogP) is 1.92. The fourth-order valence-electron chi connectivity index (χ4n) is 3.09. The monoisotopic (exact) mass is 329 g/mol. The van der Waals surface area contributed by atoms with E-state index in [2.05, 4.69) is 32.5 Å². The summed E-state index contributed by atoms with van der Waals surface area (Å²) in [5, 5.41) is 6.57. The van der Waals surface area contributed by atoms with Gasteiger partial charge in [0.1, 0.15) is 0 Å². The topological polar surface area (TPSA) is 55.4 Å². The molecule has 0 spiro atoms. The van der Waals surface area contributed by atoms with Crippen molar-refractivity contribution < 1.29 is 0 Å². The van der Waals surface area contributed by atoms with Gasteiger partial charge in [0.15, 0.2) is 4.96 Å². The Morgan fingerprint density at radius 2 is 2.30 bits per heavy atom. The first kappa shape index (κ1) is 14.6. The van der Waals surface area contributed by atoms with Crippen molar-refractivity contribution in [1.29, 1.82) is 0 Å². The number of aryl methyl sites for hydroxylation is 1. The predicted molar refractivity (Wildman–Crippen MR) is 89.7 cm³/mol. The lowest BCUT2D eigenvalue weighted by atomic mass is 10.1. The molecule has 0 amide bonds. The van der Waals surface area contributed by atoms with Gasteiger partial charge < -0.3 is 0 Å². The molecule has 120 valence electrons. The Morgan fingerprint density at radius 1 is 1.39 bits per heavy atom. The zero-order valence-corrected chi connectivity index (χ0v) is 13.9. The van der Waals surface area contributed by atoms with Crippen molar-refractivity contribution in [2.75, 3.05) is 6.54 Å². The number of thiazole rings is 1. The van der Waals surface area contributed by atoms with Crippen LogP contribution in [0.25, 0.3) is 4.96 Å². The SMILES string of the molecule is CCCn1nc2c(cc1=O)CN(Cc1cn3ccsc3n1)CC2. The zero-order chi connectivity index (χ0) is 15.8. The van der Waals surface area contributed by atoms with Crippen LogP contribution in [0.2, 0.25) is 0 Å². The molecule has 1 aliphatic heterocycles. The number of hydrogen-bond donors (Lipinski definition) is 0. The van der Waals surface area contributed by atoms with Crippen molar-refractivity contribution in [3.8, 4) is 0 Å². The third-order valence-corrected chi connectivity index (χ3v) is 4.96. The molecule has 4 rings (SSSR count). The molecule has 0 atom stereocenters. The van der Waals surface area contributed by atoms with Crippen LogP contribution in [0.15, 0.2) is 28.6 Å². The second-order valence-corrected chi connectivity index (χ2v) is 6.84. The maximum atomic E-state index is 12.1. The first-order valence-corrected chi connectivity index (χ1v) is 8.84. The summed E-state index contributed by atoms with van der Waals surface area (Å²) in [5.74, 6) is 0. The average molecular weight is 329 g/mol. The Hall–Kier alpha value is -1.99. The van der Waals surface area contributed by atoms with Crippen molar-refractivity contribution >= 4 is 16.3 Å². The lowest BCUT2D eigenvalue weighted by molar-refractivity contribution is 0.238. The van der Waals surface area contributed by atoms with E-state index in [0.29, 0.717) is 6.54 Å². The van der Waals surface area contributed by atoms with Crippen LogP contribution < -0.4 is 5.56 Å². The van der Waals surface area contributed by atoms with Gasteiger partial charge in [-0.15, -0.1) is 11.3 Å². The minimum Gasteiger partial charge on any atom is -0.297 e. The summed E-state index contributed by atoms with van der Waals surface area (Å²) in [7, 11) is 0. The second kappa shape index (κ2) is 5.90. The third-order valence-electron chi connectivity index (χ3n) is 4.19. The molecule has 0 unspecified atom stereocenters. The minimum absolute atomic E-state index is 0.00922. The standard InChI is InChI=1S/C16H19N5OS/c1-2-4-21-15(22)8-12-9-19(5-3-14(12)18-21)10-13-11-20-6-7-23-16(20)17-13/h6-8,11H,2-5,9-10H2,1H3. The number of fused-ring (bicyclic) bond motifs is 2. The lowest BCUT2D eigenvalue weighted by Crippen LogP contribution is -2.34. The number of nitrogens with zero attached hydrogens (tertiary/aromatic N) is 5. The Bertz CT molecular complexity index is 865. The zero-order valence-electron chi connectivity index (χ0n) is 13.1. The van der Waals surface area contributed by atoms with Gasteiger partial charge >= 0.3 is 0 Å². The fourth-order valence-corrected chi connectivity index (χ4v) is 3.80. The van der Waals surface area contributed by atoms with Crippen LogP contribution in [0, 0.1) is 0 Å². The first-order valence-electron chi connectivity index (χ1n) is 7.96. The molecular weight excluding hydrogens is 310 g/mol. The highest BCUT2D eigenvalue weighted by atomic mass is 32.1. The van der Waals surface area contributed by atoms with Crippen LogP contribution in [0.5, 0.6) is 0 Å². The number of aromatic nitrogens is 4. The highest BCUT2D eigenvalue weighted by molar-refractivity contribution is 7.15. The summed E-state index contributed by atoms with van der Waals surface area (Å²) >= 11 is 1.65. The van der Waals surface area contributed by atoms with Crippen molar-refractivity contribution in [3.63, 3.8) is 0 Å². The fraction of sp³-hybridized carbons (Fsp3) is 0.438. The molecule has 1 aliphatic rings. The molecule has 0 aliphatic carbocycles. The molecule has 3 aromatic heterocycles. The maximum absolute atomic E-state index is 12.1. The molecule has 23 heavy (non-hydrogen) atoms. The minimum atomic E-state index is 0.00922. The van der Waals surface area contributed by atoms with Gasteiger partial charge in [-0.05, 0) is 12.0 Å². The van der Waals surface area contributed by atoms with Crippen LogP contribution in [0.3, 0.4) is 0 Å². The van der Waals surface area contributed by atoms with E-state index in [1.165, 1.54) is 0 Å². The van der Waals surface area contributed by atoms with Crippen LogP contribution in [0.1, 0.15) is 30.3 Å². The number of hydrogen-bond acceptors (Lipinski definition) is 5. The quantitative estimate of drug-likeness (QED) is 0.734. The Balaban J connectivity index is 1.53. The Kier molecular flexibility index (Phi) is 3.74. The third kappa shape index (κ3) is 2.82. The highest BCUT2D eigenvalue weighted by Gasteiger charge is 2.20. The average Bonchev–Trinajstić information content (AvgIpc) is 3.09. The molecule has 4 heterocycles. The number of rotatable bonds is 4. The van der Waals surface area contributed by atoms with E-state index < -0.39 is 0 Å². The molecular formula is C16H19N5OS. The molecule has 0 saturated carbocycles. The summed E-state index contributed by atoms with van der Waals surface area (Å²) in [4.78, 5) is 20.1.